The first-order valence-electron chi connectivity index (χ1n) is 9.16. The van der Waals surface area contributed by atoms with Gasteiger partial charge in [-0.1, -0.05) is 20.8 Å². The van der Waals surface area contributed by atoms with Gasteiger partial charge in [-0.05, 0) is 31.6 Å². The van der Waals surface area contributed by atoms with E-state index >= 15 is 0 Å². The maximum absolute atomic E-state index is 11.9. The van der Waals surface area contributed by atoms with Gasteiger partial charge in [0.05, 0.1) is 18.0 Å². The Bertz CT molecular complexity index is 604. The van der Waals surface area contributed by atoms with Crippen molar-refractivity contribution < 1.29 is 26.9 Å². The molecule has 0 radical (unpaired) electrons. The third-order valence-electron chi connectivity index (χ3n) is 5.99. The molecular weight excluding hydrogens is 346 g/mol. The highest BCUT2D eigenvalue weighted by molar-refractivity contribution is 7.87. The third-order valence-corrected chi connectivity index (χ3v) is 7.76. The van der Waals surface area contributed by atoms with Crippen LogP contribution < -0.4 is 5.32 Å². The Morgan fingerprint density at radius 1 is 1.28 bits per heavy atom. The molecule has 3 rings (SSSR count). The minimum Gasteiger partial charge on any atom is -0.375 e. The van der Waals surface area contributed by atoms with E-state index in [-0.39, 0.29) is 41.4 Å². The predicted molar refractivity (Wildman–Crippen MR) is 91.2 cm³/mol. The van der Waals surface area contributed by atoms with Crippen LogP contribution in [0.1, 0.15) is 46.5 Å². The Morgan fingerprint density at radius 2 is 2.04 bits per heavy atom. The molecule has 1 N–H and O–H groups in total. The van der Waals surface area contributed by atoms with Crippen LogP contribution in [-0.2, 0) is 28.6 Å². The monoisotopic (exact) mass is 375 g/mol. The summed E-state index contributed by atoms with van der Waals surface area (Å²) in [4.78, 5) is 11.9. The summed E-state index contributed by atoms with van der Waals surface area (Å²) in [6.45, 7) is 6.98. The molecular formula is C17H29NO6S. The lowest BCUT2D eigenvalue weighted by Gasteiger charge is -2.25. The highest BCUT2D eigenvalue weighted by Crippen LogP contribution is 2.55. The molecule has 0 aromatic carbocycles. The number of ether oxygens (including phenoxy) is 2. The Morgan fingerprint density at radius 3 is 2.76 bits per heavy atom. The zero-order chi connectivity index (χ0) is 18.2. The normalized spacial score (nSPS) is 35.2. The predicted octanol–water partition coefficient (Wildman–Crippen LogP) is 1.43. The number of fused-ring (bicyclic) bond motifs is 1. The second-order valence-corrected chi connectivity index (χ2v) is 9.76. The molecule has 0 spiro atoms. The minimum atomic E-state index is -3.37. The van der Waals surface area contributed by atoms with Gasteiger partial charge in [-0.2, -0.15) is 8.42 Å². The van der Waals surface area contributed by atoms with Gasteiger partial charge in [0.15, 0.2) is 0 Å². The van der Waals surface area contributed by atoms with Crippen LogP contribution >= 0.6 is 0 Å². The van der Waals surface area contributed by atoms with E-state index in [2.05, 4.69) is 5.32 Å². The van der Waals surface area contributed by atoms with Crippen molar-refractivity contribution in [2.45, 2.75) is 63.9 Å². The van der Waals surface area contributed by atoms with E-state index in [1.165, 1.54) is 0 Å². The first-order chi connectivity index (χ1) is 11.8. The molecule has 3 fully saturated rings. The SMILES string of the molecule is CCC(C)(C)C(=O)NCOCCCOC1C2CC3C1OS(=O)(=O)C3C2. The third kappa shape index (κ3) is 3.72. The molecule has 1 heterocycles. The lowest BCUT2D eigenvalue weighted by Crippen LogP contribution is -2.38. The highest BCUT2D eigenvalue weighted by atomic mass is 32.2. The van der Waals surface area contributed by atoms with Crippen molar-refractivity contribution in [2.24, 2.45) is 17.3 Å². The number of nitrogens with one attached hydrogen (secondary N) is 1. The lowest BCUT2D eigenvalue weighted by atomic mass is 9.89. The van der Waals surface area contributed by atoms with E-state index in [4.69, 9.17) is 13.7 Å². The second kappa shape index (κ2) is 7.13. The van der Waals surface area contributed by atoms with Gasteiger partial charge in [-0.3, -0.25) is 8.98 Å². The van der Waals surface area contributed by atoms with Crippen LogP contribution in [-0.4, -0.2) is 51.7 Å². The van der Waals surface area contributed by atoms with Gasteiger partial charge < -0.3 is 14.8 Å². The van der Waals surface area contributed by atoms with Crippen LogP contribution in [0.4, 0.5) is 0 Å². The number of hydrogen-bond acceptors (Lipinski definition) is 6. The molecule has 7 nitrogen and oxygen atoms in total. The quantitative estimate of drug-likeness (QED) is 0.372. The van der Waals surface area contributed by atoms with E-state index < -0.39 is 10.1 Å². The van der Waals surface area contributed by atoms with Crippen molar-refractivity contribution >= 4 is 16.0 Å². The van der Waals surface area contributed by atoms with Crippen LogP contribution in [0.2, 0.25) is 0 Å². The second-order valence-electron chi connectivity index (χ2n) is 7.97. The van der Waals surface area contributed by atoms with Crippen molar-refractivity contribution in [3.05, 3.63) is 0 Å². The average Bonchev–Trinajstić information content (AvgIpc) is 3.17. The summed E-state index contributed by atoms with van der Waals surface area (Å²) in [7, 11) is -3.37. The topological polar surface area (TPSA) is 90.9 Å². The van der Waals surface area contributed by atoms with Crippen molar-refractivity contribution in [1.82, 2.24) is 5.32 Å². The van der Waals surface area contributed by atoms with Gasteiger partial charge in [0.25, 0.3) is 10.1 Å². The van der Waals surface area contributed by atoms with Gasteiger partial charge >= 0.3 is 0 Å². The maximum atomic E-state index is 11.9. The van der Waals surface area contributed by atoms with Crippen LogP contribution in [0.5, 0.6) is 0 Å². The summed E-state index contributed by atoms with van der Waals surface area (Å²) >= 11 is 0. The number of rotatable bonds is 9. The fourth-order valence-electron chi connectivity index (χ4n) is 4.08. The van der Waals surface area contributed by atoms with Crippen molar-refractivity contribution in [1.29, 1.82) is 0 Å². The summed E-state index contributed by atoms with van der Waals surface area (Å²) in [6.07, 6.45) is 2.65. The zero-order valence-corrected chi connectivity index (χ0v) is 16.0. The average molecular weight is 375 g/mol. The van der Waals surface area contributed by atoms with E-state index in [1.807, 2.05) is 20.8 Å². The van der Waals surface area contributed by atoms with Crippen molar-refractivity contribution in [3.8, 4) is 0 Å². The number of carbonyl (C=O) groups excluding carboxylic acids is 1. The molecule has 5 atom stereocenters. The molecule has 3 aliphatic rings. The summed E-state index contributed by atoms with van der Waals surface area (Å²) in [5.74, 6) is 0.407. The summed E-state index contributed by atoms with van der Waals surface area (Å²) in [5, 5.41) is 2.47. The summed E-state index contributed by atoms with van der Waals surface area (Å²) in [6, 6.07) is 0. The molecule has 5 unspecified atom stereocenters. The van der Waals surface area contributed by atoms with Crippen LogP contribution in [0, 0.1) is 17.3 Å². The van der Waals surface area contributed by atoms with Crippen LogP contribution in [0.3, 0.4) is 0 Å². The van der Waals surface area contributed by atoms with E-state index in [0.717, 1.165) is 12.8 Å². The molecule has 1 amide bonds. The van der Waals surface area contributed by atoms with Crippen LogP contribution in [0.15, 0.2) is 0 Å². The number of carbonyl (C=O) groups is 1. The minimum absolute atomic E-state index is 0.0117. The highest BCUT2D eigenvalue weighted by Gasteiger charge is 2.64. The molecule has 2 saturated carbocycles. The summed E-state index contributed by atoms with van der Waals surface area (Å²) in [5.41, 5.74) is -0.381. The largest absolute Gasteiger partial charge is 0.375 e. The van der Waals surface area contributed by atoms with E-state index in [9.17, 15) is 13.2 Å². The Balaban J connectivity index is 1.30. The van der Waals surface area contributed by atoms with Gasteiger partial charge in [0.2, 0.25) is 5.91 Å². The van der Waals surface area contributed by atoms with E-state index in [1.54, 1.807) is 0 Å². The van der Waals surface area contributed by atoms with Crippen LogP contribution in [0.25, 0.3) is 0 Å². The Kier molecular flexibility index (Phi) is 5.44. The van der Waals surface area contributed by atoms with Gasteiger partial charge in [-0.15, -0.1) is 0 Å². The Labute approximate surface area is 149 Å². The number of hydrogen-bond donors (Lipinski definition) is 1. The fourth-order valence-corrected chi connectivity index (χ4v) is 5.96. The molecule has 2 bridgehead atoms. The first-order valence-corrected chi connectivity index (χ1v) is 10.6. The molecule has 1 saturated heterocycles. The number of amides is 1. The van der Waals surface area contributed by atoms with Crippen molar-refractivity contribution in [2.75, 3.05) is 19.9 Å². The lowest BCUT2D eigenvalue weighted by molar-refractivity contribution is -0.131. The zero-order valence-electron chi connectivity index (χ0n) is 15.2. The first kappa shape index (κ1) is 19.1. The van der Waals surface area contributed by atoms with Gasteiger partial charge in [0.1, 0.15) is 12.8 Å². The Hall–Kier alpha value is -0.700. The molecule has 2 aliphatic carbocycles. The van der Waals surface area contributed by atoms with Gasteiger partial charge in [0, 0.05) is 17.9 Å². The van der Waals surface area contributed by atoms with Gasteiger partial charge in [-0.25, -0.2) is 0 Å². The molecule has 144 valence electrons. The van der Waals surface area contributed by atoms with Crippen molar-refractivity contribution in [3.63, 3.8) is 0 Å². The van der Waals surface area contributed by atoms with E-state index in [0.29, 0.717) is 32.0 Å². The fraction of sp³-hybridized carbons (Fsp3) is 0.941. The molecule has 1 aliphatic heterocycles. The molecule has 0 aromatic heterocycles. The standard InChI is InChI=1S/C17H29NO6S/c1-4-17(2,3)16(19)18-10-22-6-5-7-23-14-11-8-12-13(9-11)25(20,21)24-15(12)14/h11-15H,4-10H2,1-3H3,(H,18,19). The smallest absolute Gasteiger partial charge is 0.270 e. The molecule has 0 aromatic rings. The molecule has 25 heavy (non-hydrogen) atoms. The summed E-state index contributed by atoms with van der Waals surface area (Å²) < 4.78 is 40.4. The molecule has 8 heteroatoms. The maximum Gasteiger partial charge on any atom is 0.270 e.